The maximum Gasteiger partial charge on any atom is 0.0396 e. The predicted molar refractivity (Wildman–Crippen MR) is 82.9 cm³/mol. The number of nitrogens with zero attached hydrogens (tertiary/aromatic N) is 3. The van der Waals surface area contributed by atoms with E-state index in [-0.39, 0.29) is 0 Å². The monoisotopic (exact) mass is 267 g/mol. The topological polar surface area (TPSA) is 19.4 Å². The standard InChI is InChI=1S/C17H21N3/c1-15-4-2-3-5-17(15)20-12-10-19(11-13-20)14-16-6-8-18-9-7-16/h2-9H,10-14H2,1H3. The Labute approximate surface area is 120 Å². The first-order valence-corrected chi connectivity index (χ1v) is 7.25. The van der Waals surface area contributed by atoms with Crippen LogP contribution in [0.2, 0.25) is 0 Å². The van der Waals surface area contributed by atoms with E-state index in [1.807, 2.05) is 12.4 Å². The Morgan fingerprint density at radius 3 is 2.35 bits per heavy atom. The van der Waals surface area contributed by atoms with Gasteiger partial charge >= 0.3 is 0 Å². The van der Waals surface area contributed by atoms with Crippen LogP contribution >= 0.6 is 0 Å². The van der Waals surface area contributed by atoms with Crippen LogP contribution in [-0.2, 0) is 6.54 Å². The molecular formula is C17H21N3. The molecular weight excluding hydrogens is 246 g/mol. The molecule has 1 aromatic heterocycles. The first-order valence-electron chi connectivity index (χ1n) is 7.25. The van der Waals surface area contributed by atoms with Crippen LogP contribution in [0.25, 0.3) is 0 Å². The maximum absolute atomic E-state index is 4.07. The number of pyridine rings is 1. The zero-order valence-electron chi connectivity index (χ0n) is 12.0. The molecule has 0 saturated carbocycles. The quantitative estimate of drug-likeness (QED) is 0.852. The largest absolute Gasteiger partial charge is 0.369 e. The summed E-state index contributed by atoms with van der Waals surface area (Å²) in [7, 11) is 0. The molecule has 104 valence electrons. The molecule has 2 heterocycles. The highest BCUT2D eigenvalue weighted by Gasteiger charge is 2.18. The third-order valence-electron chi connectivity index (χ3n) is 3.98. The summed E-state index contributed by atoms with van der Waals surface area (Å²) < 4.78 is 0. The van der Waals surface area contributed by atoms with Crippen molar-refractivity contribution in [1.82, 2.24) is 9.88 Å². The average molecular weight is 267 g/mol. The Morgan fingerprint density at radius 2 is 1.65 bits per heavy atom. The Balaban J connectivity index is 1.59. The summed E-state index contributed by atoms with van der Waals surface area (Å²) in [5.41, 5.74) is 4.11. The minimum Gasteiger partial charge on any atom is -0.369 e. The van der Waals surface area contributed by atoms with Crippen LogP contribution in [0.3, 0.4) is 0 Å². The second-order valence-corrected chi connectivity index (χ2v) is 5.41. The summed E-state index contributed by atoms with van der Waals surface area (Å²) in [6.45, 7) is 7.68. The molecule has 0 bridgehead atoms. The van der Waals surface area contributed by atoms with Gasteiger partial charge in [-0.2, -0.15) is 0 Å². The van der Waals surface area contributed by atoms with Gasteiger partial charge in [-0.05, 0) is 36.2 Å². The lowest BCUT2D eigenvalue weighted by molar-refractivity contribution is 0.249. The highest BCUT2D eigenvalue weighted by Crippen LogP contribution is 2.21. The molecule has 2 aromatic rings. The number of anilines is 1. The summed E-state index contributed by atoms with van der Waals surface area (Å²) in [6.07, 6.45) is 3.75. The molecule has 20 heavy (non-hydrogen) atoms. The number of aryl methyl sites for hydroxylation is 1. The molecule has 3 heteroatoms. The van der Waals surface area contributed by atoms with E-state index in [1.165, 1.54) is 16.8 Å². The van der Waals surface area contributed by atoms with E-state index < -0.39 is 0 Å². The third kappa shape index (κ3) is 2.99. The molecule has 0 radical (unpaired) electrons. The van der Waals surface area contributed by atoms with Gasteiger partial charge in [0.1, 0.15) is 0 Å². The molecule has 1 fully saturated rings. The number of benzene rings is 1. The van der Waals surface area contributed by atoms with E-state index in [0.717, 1.165) is 32.7 Å². The highest BCUT2D eigenvalue weighted by molar-refractivity contribution is 5.53. The van der Waals surface area contributed by atoms with Crippen molar-refractivity contribution in [3.05, 3.63) is 59.9 Å². The minimum atomic E-state index is 1.03. The van der Waals surface area contributed by atoms with Crippen LogP contribution in [0.4, 0.5) is 5.69 Å². The minimum absolute atomic E-state index is 1.03. The number of piperazine rings is 1. The van der Waals surface area contributed by atoms with Crippen LogP contribution in [0, 0.1) is 6.92 Å². The number of hydrogen-bond acceptors (Lipinski definition) is 3. The van der Waals surface area contributed by atoms with E-state index in [1.54, 1.807) is 0 Å². The van der Waals surface area contributed by atoms with Crippen molar-refractivity contribution >= 4 is 5.69 Å². The van der Waals surface area contributed by atoms with E-state index in [2.05, 4.69) is 58.1 Å². The van der Waals surface area contributed by atoms with Crippen molar-refractivity contribution in [1.29, 1.82) is 0 Å². The van der Waals surface area contributed by atoms with Crippen molar-refractivity contribution in [3.8, 4) is 0 Å². The van der Waals surface area contributed by atoms with Gasteiger partial charge in [-0.1, -0.05) is 18.2 Å². The lowest BCUT2D eigenvalue weighted by Crippen LogP contribution is -2.46. The smallest absolute Gasteiger partial charge is 0.0396 e. The van der Waals surface area contributed by atoms with E-state index in [0.29, 0.717) is 0 Å². The van der Waals surface area contributed by atoms with Crippen LogP contribution < -0.4 is 4.90 Å². The summed E-state index contributed by atoms with van der Waals surface area (Å²) in [4.78, 5) is 9.09. The number of para-hydroxylation sites is 1. The van der Waals surface area contributed by atoms with Gasteiger partial charge in [0.15, 0.2) is 0 Å². The van der Waals surface area contributed by atoms with Crippen LogP contribution in [0.15, 0.2) is 48.8 Å². The van der Waals surface area contributed by atoms with Crippen LogP contribution in [0.1, 0.15) is 11.1 Å². The molecule has 1 aliphatic rings. The zero-order chi connectivity index (χ0) is 13.8. The normalized spacial score (nSPS) is 16.4. The number of hydrogen-bond donors (Lipinski definition) is 0. The lowest BCUT2D eigenvalue weighted by atomic mass is 10.1. The molecule has 1 aliphatic heterocycles. The highest BCUT2D eigenvalue weighted by atomic mass is 15.3. The van der Waals surface area contributed by atoms with Crippen molar-refractivity contribution < 1.29 is 0 Å². The molecule has 1 aromatic carbocycles. The van der Waals surface area contributed by atoms with E-state index >= 15 is 0 Å². The molecule has 0 spiro atoms. The van der Waals surface area contributed by atoms with Crippen molar-refractivity contribution in [3.63, 3.8) is 0 Å². The SMILES string of the molecule is Cc1ccccc1N1CCN(Cc2ccncc2)CC1. The third-order valence-corrected chi connectivity index (χ3v) is 3.98. The Morgan fingerprint density at radius 1 is 0.950 bits per heavy atom. The van der Waals surface area contributed by atoms with Gasteiger partial charge in [-0.15, -0.1) is 0 Å². The number of aromatic nitrogens is 1. The molecule has 3 nitrogen and oxygen atoms in total. The first kappa shape index (κ1) is 13.1. The van der Waals surface area contributed by atoms with Gasteiger partial charge in [0.2, 0.25) is 0 Å². The fourth-order valence-electron chi connectivity index (χ4n) is 2.81. The Bertz CT molecular complexity index is 545. The summed E-state index contributed by atoms with van der Waals surface area (Å²) >= 11 is 0. The predicted octanol–water partition coefficient (Wildman–Crippen LogP) is 2.71. The molecule has 0 N–H and O–H groups in total. The van der Waals surface area contributed by atoms with E-state index in [4.69, 9.17) is 0 Å². The zero-order valence-corrected chi connectivity index (χ0v) is 12.0. The molecule has 0 unspecified atom stereocenters. The van der Waals surface area contributed by atoms with Gasteiger partial charge < -0.3 is 4.90 Å². The van der Waals surface area contributed by atoms with Crippen LogP contribution in [-0.4, -0.2) is 36.1 Å². The molecule has 0 atom stereocenters. The van der Waals surface area contributed by atoms with Crippen LogP contribution in [0.5, 0.6) is 0 Å². The summed E-state index contributed by atoms with van der Waals surface area (Å²) in [5, 5.41) is 0. The lowest BCUT2D eigenvalue weighted by Gasteiger charge is -2.36. The van der Waals surface area contributed by atoms with Crippen molar-refractivity contribution in [2.75, 3.05) is 31.1 Å². The van der Waals surface area contributed by atoms with E-state index in [9.17, 15) is 0 Å². The van der Waals surface area contributed by atoms with Gasteiger partial charge in [-0.25, -0.2) is 0 Å². The van der Waals surface area contributed by atoms with Crippen molar-refractivity contribution in [2.24, 2.45) is 0 Å². The Kier molecular flexibility index (Phi) is 3.97. The second-order valence-electron chi connectivity index (χ2n) is 5.41. The fraction of sp³-hybridized carbons (Fsp3) is 0.353. The van der Waals surface area contributed by atoms with Gasteiger partial charge in [0, 0.05) is 50.8 Å². The first-order chi connectivity index (χ1) is 9.83. The average Bonchev–Trinajstić information content (AvgIpc) is 2.50. The Hall–Kier alpha value is -1.87. The second kappa shape index (κ2) is 6.06. The summed E-state index contributed by atoms with van der Waals surface area (Å²) in [6, 6.07) is 12.9. The van der Waals surface area contributed by atoms with Gasteiger partial charge in [0.25, 0.3) is 0 Å². The molecule has 1 saturated heterocycles. The maximum atomic E-state index is 4.07. The van der Waals surface area contributed by atoms with Gasteiger partial charge in [0.05, 0.1) is 0 Å². The number of rotatable bonds is 3. The fourth-order valence-corrected chi connectivity index (χ4v) is 2.81. The molecule has 0 aliphatic carbocycles. The molecule has 0 amide bonds. The summed E-state index contributed by atoms with van der Waals surface area (Å²) in [5.74, 6) is 0. The van der Waals surface area contributed by atoms with Crippen molar-refractivity contribution in [2.45, 2.75) is 13.5 Å². The van der Waals surface area contributed by atoms with Gasteiger partial charge in [-0.3, -0.25) is 9.88 Å². The molecule has 3 rings (SSSR count).